The fourth-order valence-corrected chi connectivity index (χ4v) is 2.37. The Morgan fingerprint density at radius 2 is 2.38 bits per heavy atom. The van der Waals surface area contributed by atoms with Gasteiger partial charge in [0.05, 0.1) is 12.4 Å². The van der Waals surface area contributed by atoms with Gasteiger partial charge in [0.15, 0.2) is 23.6 Å². The molecule has 3 N–H and O–H groups in total. The van der Waals surface area contributed by atoms with Gasteiger partial charge < -0.3 is 9.84 Å². The molecule has 2 aromatic heterocycles. The van der Waals surface area contributed by atoms with E-state index in [0.717, 1.165) is 0 Å². The van der Waals surface area contributed by atoms with E-state index in [9.17, 15) is 19.1 Å². The van der Waals surface area contributed by atoms with E-state index in [-0.39, 0.29) is 35.8 Å². The van der Waals surface area contributed by atoms with Gasteiger partial charge in [-0.25, -0.2) is 9.37 Å². The van der Waals surface area contributed by atoms with Gasteiger partial charge in [-0.05, 0) is 6.90 Å². The summed E-state index contributed by atoms with van der Waals surface area (Å²) in [5.41, 5.74) is -0.600. The molecule has 0 saturated carbocycles. The first-order chi connectivity index (χ1) is 11.8. The van der Waals surface area contributed by atoms with Gasteiger partial charge in [-0.2, -0.15) is 4.98 Å². The van der Waals surface area contributed by atoms with Gasteiger partial charge in [0.1, 0.15) is 6.10 Å². The van der Waals surface area contributed by atoms with Crippen molar-refractivity contribution in [1.82, 2.24) is 19.5 Å². The van der Waals surface area contributed by atoms with Crippen LogP contribution in [0.1, 0.15) is 28.3 Å². The van der Waals surface area contributed by atoms with Crippen LogP contribution in [0.2, 0.25) is 0 Å². The third-order valence-corrected chi connectivity index (χ3v) is 3.76. The summed E-state index contributed by atoms with van der Waals surface area (Å²) in [6.07, 6.45) is -4.31. The molecule has 2 aromatic rings. The van der Waals surface area contributed by atoms with Crippen LogP contribution < -0.4 is 10.9 Å². The Balaban J connectivity index is 2.01. The molecule has 24 heavy (non-hydrogen) atoms. The number of carbonyl (C=O) groups is 1. The van der Waals surface area contributed by atoms with Crippen LogP contribution in [0.4, 0.5) is 10.3 Å². The van der Waals surface area contributed by atoms with Crippen LogP contribution >= 0.6 is 0 Å². The van der Waals surface area contributed by atoms with Crippen LogP contribution in [0.25, 0.3) is 11.2 Å². The van der Waals surface area contributed by atoms with Crippen LogP contribution in [0.15, 0.2) is 11.1 Å². The number of amides is 1. The maximum atomic E-state index is 14.0. The van der Waals surface area contributed by atoms with E-state index in [4.69, 9.17) is 6.11 Å². The monoisotopic (exact) mass is 340 g/mol. The smallest absolute Gasteiger partial charge is 0.280 e. The van der Waals surface area contributed by atoms with Gasteiger partial charge in [0.2, 0.25) is 11.9 Å². The predicted octanol–water partition coefficient (Wildman–Crippen LogP) is 0.330. The molecule has 0 aromatic carbocycles. The molecule has 1 fully saturated rings. The van der Waals surface area contributed by atoms with Gasteiger partial charge in [-0.15, -0.1) is 0 Å². The van der Waals surface area contributed by atoms with Gasteiger partial charge in [0, 0.05) is 7.29 Å². The van der Waals surface area contributed by atoms with Gasteiger partial charge in [0.25, 0.3) is 5.56 Å². The number of nitrogens with zero attached hydrogens (tertiary/aromatic N) is 3. The van der Waals surface area contributed by atoms with Crippen molar-refractivity contribution in [2.45, 2.75) is 45.4 Å². The van der Waals surface area contributed by atoms with Crippen LogP contribution in [-0.2, 0) is 9.53 Å². The predicted molar refractivity (Wildman–Crippen MR) is 82.1 cm³/mol. The number of fused-ring (bicyclic) bond motifs is 1. The highest BCUT2D eigenvalue weighted by atomic mass is 19.1. The van der Waals surface area contributed by atoms with Gasteiger partial charge in [-0.3, -0.25) is 24.5 Å². The first kappa shape index (κ1) is 15.2. The van der Waals surface area contributed by atoms with E-state index in [1.807, 2.05) is 0 Å². The van der Waals surface area contributed by atoms with Crippen LogP contribution in [0.5, 0.6) is 0 Å². The zero-order valence-corrected chi connectivity index (χ0v) is 13.1. The highest BCUT2D eigenvalue weighted by molar-refractivity contribution is 5.91. The number of aromatic nitrogens is 4. The molecule has 10 heteroatoms. The van der Waals surface area contributed by atoms with E-state index in [1.165, 1.54) is 10.9 Å². The highest BCUT2D eigenvalue weighted by Gasteiger charge is 2.43. The number of hydrogen-bond acceptors (Lipinski definition) is 6. The van der Waals surface area contributed by atoms with Crippen molar-refractivity contribution < 1.29 is 20.4 Å². The summed E-state index contributed by atoms with van der Waals surface area (Å²) >= 11 is 0. The molecule has 0 aliphatic carbocycles. The average Bonchev–Trinajstić information content (AvgIpc) is 3.10. The van der Waals surface area contributed by atoms with Crippen molar-refractivity contribution in [1.29, 1.82) is 0 Å². The van der Waals surface area contributed by atoms with E-state index in [2.05, 4.69) is 20.3 Å². The first-order valence-corrected chi connectivity index (χ1v) is 7.38. The van der Waals surface area contributed by atoms with Crippen molar-refractivity contribution in [3.8, 4) is 0 Å². The molecule has 3 heterocycles. The highest BCUT2D eigenvalue weighted by Crippen LogP contribution is 2.32. The van der Waals surface area contributed by atoms with Gasteiger partial charge >= 0.3 is 0 Å². The topological polar surface area (TPSA) is 122 Å². The standard InChI is InChI=1S/C14H18FN5O4/c1-5(2)11(22)18-14-17-10-8(12(23)19-14)16-4-20(10)13-9(21)7(15)6(3)24-13/h4-7,9,13,21H,1-3H3,(H2,17,18,19,22,23)/t6-,7-,9-,13-/m1/s1/i3D. The Kier molecular flexibility index (Phi) is 3.77. The fraction of sp³-hybridized carbons (Fsp3) is 0.571. The molecule has 4 atom stereocenters. The van der Waals surface area contributed by atoms with Crippen LogP contribution in [0.3, 0.4) is 0 Å². The molecule has 0 bridgehead atoms. The van der Waals surface area contributed by atoms with Crippen molar-refractivity contribution in [2.75, 3.05) is 5.32 Å². The average molecular weight is 340 g/mol. The Bertz CT molecular complexity index is 853. The largest absolute Gasteiger partial charge is 0.385 e. The Morgan fingerprint density at radius 1 is 1.62 bits per heavy atom. The second-order valence-corrected chi connectivity index (χ2v) is 5.88. The van der Waals surface area contributed by atoms with E-state index in [0.29, 0.717) is 0 Å². The third-order valence-electron chi connectivity index (χ3n) is 3.76. The lowest BCUT2D eigenvalue weighted by Crippen LogP contribution is -2.27. The second kappa shape index (κ2) is 5.95. The maximum absolute atomic E-state index is 14.0. The second-order valence-electron chi connectivity index (χ2n) is 5.88. The molecule has 130 valence electrons. The number of hydrogen-bond donors (Lipinski definition) is 3. The third kappa shape index (κ3) is 2.67. The number of halogens is 1. The van der Waals surface area contributed by atoms with Crippen molar-refractivity contribution >= 4 is 23.0 Å². The number of ether oxygens (including phenoxy) is 1. The molecule has 0 radical (unpaired) electrons. The maximum Gasteiger partial charge on any atom is 0.280 e. The number of rotatable bonds is 3. The quantitative estimate of drug-likeness (QED) is 0.740. The lowest BCUT2D eigenvalue weighted by atomic mass is 10.2. The number of aliphatic hydroxyl groups is 1. The van der Waals surface area contributed by atoms with Crippen LogP contribution in [-0.4, -0.2) is 48.9 Å². The molecule has 1 saturated heterocycles. The van der Waals surface area contributed by atoms with E-state index >= 15 is 0 Å². The number of carbonyl (C=O) groups excluding carboxylic acids is 1. The SMILES string of the molecule is [2H]C[C@H]1O[C@@H](n2cnc3c(=O)[nH]c(NC(=O)C(C)C)nc32)[C@H](O)[C@@H]1F. The van der Waals surface area contributed by atoms with E-state index in [1.54, 1.807) is 13.8 Å². The molecule has 9 nitrogen and oxygen atoms in total. The molecule has 0 unspecified atom stereocenters. The van der Waals surface area contributed by atoms with Crippen molar-refractivity contribution in [2.24, 2.45) is 5.92 Å². The number of anilines is 1. The summed E-state index contributed by atoms with van der Waals surface area (Å²) in [5.74, 6) is -0.751. The molecular formula is C14H18FN5O4. The van der Waals surface area contributed by atoms with Gasteiger partial charge in [-0.1, -0.05) is 13.8 Å². The first-order valence-electron chi connectivity index (χ1n) is 8.08. The fourth-order valence-electron chi connectivity index (χ4n) is 2.37. The molecule has 1 amide bonds. The minimum absolute atomic E-state index is 0.0321. The summed E-state index contributed by atoms with van der Waals surface area (Å²) < 4.78 is 27.8. The number of imidazole rings is 1. The number of alkyl halides is 1. The minimum Gasteiger partial charge on any atom is -0.385 e. The summed E-state index contributed by atoms with van der Waals surface area (Å²) in [7, 11) is 0. The van der Waals surface area contributed by atoms with E-state index < -0.39 is 30.2 Å². The Hall–Kier alpha value is -2.33. The van der Waals surface area contributed by atoms with Crippen molar-refractivity contribution in [3.63, 3.8) is 0 Å². The van der Waals surface area contributed by atoms with Crippen molar-refractivity contribution in [3.05, 3.63) is 16.7 Å². The Labute approximate surface area is 137 Å². The zero-order chi connectivity index (χ0) is 18.3. The number of nitrogens with one attached hydrogen (secondary N) is 2. The summed E-state index contributed by atoms with van der Waals surface area (Å²) in [4.78, 5) is 34.3. The molecule has 0 spiro atoms. The number of H-pyrrole nitrogens is 1. The lowest BCUT2D eigenvalue weighted by molar-refractivity contribution is -0.118. The molecule has 1 aliphatic rings. The summed E-state index contributed by atoms with van der Waals surface area (Å²) in [5, 5.41) is 12.5. The lowest BCUT2D eigenvalue weighted by Gasteiger charge is -2.16. The molecular weight excluding hydrogens is 321 g/mol. The normalized spacial score (nSPS) is 27.6. The number of aliphatic hydroxyl groups excluding tert-OH is 1. The number of aromatic amines is 1. The summed E-state index contributed by atoms with van der Waals surface area (Å²) in [6, 6.07) is 0. The zero-order valence-electron chi connectivity index (χ0n) is 14.1. The molecule has 1 aliphatic heterocycles. The minimum atomic E-state index is -1.73. The summed E-state index contributed by atoms with van der Waals surface area (Å²) in [6.45, 7) is 3.01. The Morgan fingerprint density at radius 3 is 3.00 bits per heavy atom. The van der Waals surface area contributed by atoms with Crippen LogP contribution in [0, 0.1) is 5.92 Å². The molecule has 3 rings (SSSR count).